The van der Waals surface area contributed by atoms with Crippen molar-refractivity contribution in [3.05, 3.63) is 76.6 Å². The molecule has 0 radical (unpaired) electrons. The zero-order chi connectivity index (χ0) is 20.6. The van der Waals surface area contributed by atoms with Crippen LogP contribution in [0.5, 0.6) is 5.75 Å². The van der Waals surface area contributed by atoms with Gasteiger partial charge in [-0.1, -0.05) is 75.4 Å². The molecule has 3 aromatic carbocycles. The van der Waals surface area contributed by atoms with Gasteiger partial charge in [-0.3, -0.25) is 0 Å². The van der Waals surface area contributed by atoms with E-state index in [9.17, 15) is 5.11 Å². The molecule has 5 nitrogen and oxygen atoms in total. The summed E-state index contributed by atoms with van der Waals surface area (Å²) in [5.74, 6) is 0.782. The number of hydrogen-bond acceptors (Lipinski definition) is 4. The standard InChI is InChI=1S/C23H22N4OS/c1-23(2,3)17-11-8-16(9-12-17)21-25-26-22(29)27(21)24-14-19-18-7-5-4-6-15(18)10-13-20(19)28/h4-14,28H,1-3H3,(H,26,29). The first kappa shape index (κ1) is 19.1. The van der Waals surface area contributed by atoms with Crippen LogP contribution in [0.1, 0.15) is 31.9 Å². The molecule has 4 rings (SSSR count). The first-order valence-electron chi connectivity index (χ1n) is 9.38. The van der Waals surface area contributed by atoms with Crippen LogP contribution in [0.25, 0.3) is 22.2 Å². The monoisotopic (exact) mass is 402 g/mol. The molecule has 6 heteroatoms. The summed E-state index contributed by atoms with van der Waals surface area (Å²) in [4.78, 5) is 0. The number of phenolic OH excluding ortho intramolecular Hbond substituents is 1. The summed E-state index contributed by atoms with van der Waals surface area (Å²) in [5.41, 5.74) is 2.86. The number of benzene rings is 3. The number of aromatic hydroxyl groups is 1. The Morgan fingerprint density at radius 2 is 1.76 bits per heavy atom. The van der Waals surface area contributed by atoms with Crippen molar-refractivity contribution in [1.29, 1.82) is 0 Å². The molecule has 0 atom stereocenters. The van der Waals surface area contributed by atoms with Gasteiger partial charge in [-0.15, -0.1) is 0 Å². The Morgan fingerprint density at radius 3 is 2.48 bits per heavy atom. The van der Waals surface area contributed by atoms with Crippen molar-refractivity contribution in [3.63, 3.8) is 0 Å². The quantitative estimate of drug-likeness (QED) is 0.344. The van der Waals surface area contributed by atoms with Crippen molar-refractivity contribution in [2.24, 2.45) is 5.10 Å². The number of phenols is 1. The fraction of sp³-hybridized carbons (Fsp3) is 0.174. The van der Waals surface area contributed by atoms with Gasteiger partial charge in [-0.05, 0) is 40.0 Å². The molecular formula is C23H22N4OS. The molecule has 1 heterocycles. The molecule has 0 unspecified atom stereocenters. The van der Waals surface area contributed by atoms with E-state index in [-0.39, 0.29) is 11.2 Å². The number of nitrogens with one attached hydrogen (secondary N) is 1. The smallest absolute Gasteiger partial charge is 0.216 e. The van der Waals surface area contributed by atoms with E-state index in [2.05, 4.69) is 48.2 Å². The average Bonchev–Trinajstić information content (AvgIpc) is 3.07. The summed E-state index contributed by atoms with van der Waals surface area (Å²) in [5, 5.41) is 24.0. The summed E-state index contributed by atoms with van der Waals surface area (Å²) in [7, 11) is 0. The molecule has 0 fully saturated rings. The second-order valence-corrected chi connectivity index (χ2v) is 8.34. The van der Waals surface area contributed by atoms with E-state index in [0.717, 1.165) is 16.3 Å². The lowest BCUT2D eigenvalue weighted by Crippen LogP contribution is -2.10. The number of hydrogen-bond donors (Lipinski definition) is 2. The molecule has 0 saturated heterocycles. The van der Waals surface area contributed by atoms with Gasteiger partial charge >= 0.3 is 0 Å². The minimum Gasteiger partial charge on any atom is -0.507 e. The van der Waals surface area contributed by atoms with E-state index < -0.39 is 0 Å². The van der Waals surface area contributed by atoms with Crippen LogP contribution in [-0.2, 0) is 5.41 Å². The Hall–Kier alpha value is -3.25. The molecule has 4 aromatic rings. The Bertz CT molecular complexity index is 1260. The third-order valence-electron chi connectivity index (χ3n) is 4.91. The van der Waals surface area contributed by atoms with Crippen molar-refractivity contribution in [2.45, 2.75) is 26.2 Å². The van der Waals surface area contributed by atoms with Crippen LogP contribution in [0.15, 0.2) is 65.8 Å². The highest BCUT2D eigenvalue weighted by molar-refractivity contribution is 7.71. The molecule has 146 valence electrons. The highest BCUT2D eigenvalue weighted by atomic mass is 32.1. The molecule has 29 heavy (non-hydrogen) atoms. The number of rotatable bonds is 3. The number of aromatic nitrogens is 3. The fourth-order valence-corrected chi connectivity index (χ4v) is 3.42. The van der Waals surface area contributed by atoms with Gasteiger partial charge in [0.2, 0.25) is 4.77 Å². The maximum atomic E-state index is 10.3. The maximum absolute atomic E-state index is 10.3. The largest absolute Gasteiger partial charge is 0.507 e. The highest BCUT2D eigenvalue weighted by Crippen LogP contribution is 2.27. The lowest BCUT2D eigenvalue weighted by molar-refractivity contribution is 0.475. The molecule has 0 aliphatic carbocycles. The van der Waals surface area contributed by atoms with Gasteiger partial charge in [-0.25, -0.2) is 5.10 Å². The van der Waals surface area contributed by atoms with Crippen LogP contribution in [0.4, 0.5) is 0 Å². The minimum absolute atomic E-state index is 0.0767. The summed E-state index contributed by atoms with van der Waals surface area (Å²) in [6.07, 6.45) is 1.62. The van der Waals surface area contributed by atoms with Gasteiger partial charge in [0.1, 0.15) is 5.75 Å². The predicted octanol–water partition coefficient (Wildman–Crippen LogP) is 5.65. The van der Waals surface area contributed by atoms with Crippen LogP contribution in [0.3, 0.4) is 0 Å². The van der Waals surface area contributed by atoms with Crippen LogP contribution in [0.2, 0.25) is 0 Å². The summed E-state index contributed by atoms with van der Waals surface area (Å²) >= 11 is 5.37. The van der Waals surface area contributed by atoms with Gasteiger partial charge in [0.05, 0.1) is 6.21 Å². The van der Waals surface area contributed by atoms with Gasteiger partial charge in [0, 0.05) is 11.1 Å². The number of H-pyrrole nitrogens is 1. The van der Waals surface area contributed by atoms with E-state index in [1.165, 1.54) is 5.56 Å². The minimum atomic E-state index is 0.0767. The lowest BCUT2D eigenvalue weighted by Gasteiger charge is -2.18. The second-order valence-electron chi connectivity index (χ2n) is 7.96. The Kier molecular flexibility index (Phi) is 4.80. The van der Waals surface area contributed by atoms with Crippen molar-refractivity contribution < 1.29 is 5.11 Å². The van der Waals surface area contributed by atoms with Crippen LogP contribution in [0, 0.1) is 4.77 Å². The molecule has 2 N–H and O–H groups in total. The molecule has 0 amide bonds. The number of nitrogens with zero attached hydrogens (tertiary/aromatic N) is 3. The van der Waals surface area contributed by atoms with Gasteiger partial charge in [0.15, 0.2) is 5.82 Å². The summed E-state index contributed by atoms with van der Waals surface area (Å²) in [6, 6.07) is 19.6. The molecule has 0 saturated carbocycles. The molecule has 0 aliphatic rings. The summed E-state index contributed by atoms with van der Waals surface area (Å²) < 4.78 is 1.96. The van der Waals surface area contributed by atoms with Crippen molar-refractivity contribution in [2.75, 3.05) is 0 Å². The number of fused-ring (bicyclic) bond motifs is 1. The third kappa shape index (κ3) is 3.71. The van der Waals surface area contributed by atoms with Gasteiger partial charge < -0.3 is 5.11 Å². The molecule has 1 aromatic heterocycles. The van der Waals surface area contributed by atoms with E-state index in [1.807, 2.05) is 42.5 Å². The van der Waals surface area contributed by atoms with E-state index >= 15 is 0 Å². The highest BCUT2D eigenvalue weighted by Gasteiger charge is 2.15. The lowest BCUT2D eigenvalue weighted by atomic mass is 9.87. The first-order chi connectivity index (χ1) is 13.8. The van der Waals surface area contributed by atoms with E-state index in [4.69, 9.17) is 12.2 Å². The zero-order valence-electron chi connectivity index (χ0n) is 16.5. The van der Waals surface area contributed by atoms with Gasteiger partial charge in [0.25, 0.3) is 0 Å². The van der Waals surface area contributed by atoms with E-state index in [1.54, 1.807) is 17.0 Å². The Balaban J connectivity index is 1.76. The van der Waals surface area contributed by atoms with Crippen LogP contribution < -0.4 is 0 Å². The molecule has 0 aliphatic heterocycles. The Labute approximate surface area is 174 Å². The topological polar surface area (TPSA) is 66.2 Å². The molecular weight excluding hydrogens is 380 g/mol. The average molecular weight is 403 g/mol. The summed E-state index contributed by atoms with van der Waals surface area (Å²) in [6.45, 7) is 6.54. The Morgan fingerprint density at radius 1 is 1.03 bits per heavy atom. The van der Waals surface area contributed by atoms with Crippen LogP contribution >= 0.6 is 12.2 Å². The maximum Gasteiger partial charge on any atom is 0.216 e. The zero-order valence-corrected chi connectivity index (χ0v) is 17.4. The van der Waals surface area contributed by atoms with Crippen molar-refractivity contribution in [1.82, 2.24) is 14.9 Å². The second kappa shape index (κ2) is 7.29. The predicted molar refractivity (Wildman–Crippen MR) is 120 cm³/mol. The van der Waals surface area contributed by atoms with E-state index in [0.29, 0.717) is 16.2 Å². The van der Waals surface area contributed by atoms with Crippen molar-refractivity contribution >= 4 is 29.2 Å². The first-order valence-corrected chi connectivity index (χ1v) is 9.79. The molecule has 0 bridgehead atoms. The third-order valence-corrected chi connectivity index (χ3v) is 5.17. The van der Waals surface area contributed by atoms with Gasteiger partial charge in [-0.2, -0.15) is 14.9 Å². The van der Waals surface area contributed by atoms with Crippen LogP contribution in [-0.4, -0.2) is 26.2 Å². The normalized spacial score (nSPS) is 12.1. The number of aromatic amines is 1. The fourth-order valence-electron chi connectivity index (χ4n) is 3.24. The van der Waals surface area contributed by atoms with Crippen molar-refractivity contribution in [3.8, 4) is 17.1 Å². The SMILES string of the molecule is CC(C)(C)c1ccc(-c2n[nH]c(=S)n2N=Cc2c(O)ccc3ccccc23)cc1. The molecule has 0 spiro atoms.